The highest BCUT2D eigenvalue weighted by molar-refractivity contribution is 5.06. The number of hydrogen-bond donors (Lipinski definition) is 0. The van der Waals surface area contributed by atoms with E-state index in [-0.39, 0.29) is 33.6 Å². The van der Waals surface area contributed by atoms with Crippen LogP contribution in [0.3, 0.4) is 0 Å². The van der Waals surface area contributed by atoms with Crippen LogP contribution in [0.4, 0.5) is 0 Å². The zero-order valence-corrected chi connectivity index (χ0v) is 75.9. The molecule has 2 unspecified atom stereocenters. The summed E-state index contributed by atoms with van der Waals surface area (Å²) < 4.78 is 36.2. The van der Waals surface area contributed by atoms with Crippen molar-refractivity contribution < 1.29 is 28.4 Å². The maximum Gasteiger partial charge on any atom is 0.0734 e. The van der Waals surface area contributed by atoms with E-state index in [1.54, 1.807) is 0 Å². The Morgan fingerprint density at radius 3 is 1.06 bits per heavy atom. The summed E-state index contributed by atoms with van der Waals surface area (Å²) in [4.78, 5) is 0. The standard InChI is InChI=1S/C15H28.6C14H26O/c1-12(2)13-5-7-15(8-6-13)10-9-14(3,4)11-15;1-11(2)12-5-7-14(8-6-12)10-15-9-13(14,3)4;1-11(2)12-5-7-14(8-6-12)9-13(3,4)15-10-14;1-11(2)12-5-7-14(8-6-12)9-13(3,4)10-15-14;1-11(2)12-5-7-14(8-6-12)9-10-15-13(14,3)4;1-11(2)12-5-7-14(8-6-12)13(3,4)9-10-15-14;1-11(2)12-6-5-7-14(10-12)9-8-13(3,4)15-14/h12-13H,5-11H2,1-4H3;6*11-12H,5-10H2,1-4H3. The van der Waals surface area contributed by atoms with E-state index in [0.717, 1.165) is 128 Å². The second-order valence-corrected chi connectivity index (χ2v) is 47.5. The van der Waals surface area contributed by atoms with Crippen molar-refractivity contribution >= 4 is 0 Å². The number of hydrogen-bond acceptors (Lipinski definition) is 6. The molecule has 6 saturated heterocycles. The lowest BCUT2D eigenvalue weighted by Crippen LogP contribution is -2.45. The fraction of sp³-hybridized carbons (Fsp3) is 1.00. The molecule has 0 aromatic heterocycles. The van der Waals surface area contributed by atoms with Crippen molar-refractivity contribution in [3.05, 3.63) is 0 Å². The fourth-order valence-corrected chi connectivity index (χ4v) is 25.4. The van der Waals surface area contributed by atoms with E-state index in [2.05, 4.69) is 194 Å². The number of rotatable bonds is 7. The lowest BCUT2D eigenvalue weighted by molar-refractivity contribution is -0.115. The molecule has 0 aromatic carbocycles. The van der Waals surface area contributed by atoms with Gasteiger partial charge in [-0.1, -0.05) is 159 Å². The van der Waals surface area contributed by atoms with Gasteiger partial charge in [0.15, 0.2) is 0 Å². The molecule has 14 aliphatic rings. The molecule has 0 bridgehead atoms. The van der Waals surface area contributed by atoms with Crippen LogP contribution in [0.25, 0.3) is 0 Å². The highest BCUT2D eigenvalue weighted by Crippen LogP contribution is 2.61. The first-order valence-corrected chi connectivity index (χ1v) is 46.4. The molecule has 6 aliphatic heterocycles. The fourth-order valence-electron chi connectivity index (χ4n) is 25.4. The van der Waals surface area contributed by atoms with Gasteiger partial charge >= 0.3 is 0 Å². The zero-order chi connectivity index (χ0) is 77.7. The van der Waals surface area contributed by atoms with E-state index in [1.807, 2.05) is 0 Å². The summed E-state index contributed by atoms with van der Waals surface area (Å²) >= 11 is 0. The zero-order valence-electron chi connectivity index (χ0n) is 75.9. The first-order valence-electron chi connectivity index (χ1n) is 46.4. The molecule has 7 spiro atoms. The summed E-state index contributed by atoms with van der Waals surface area (Å²) in [5.41, 5.74) is 5.42. The molecule has 8 aliphatic carbocycles. The van der Waals surface area contributed by atoms with Crippen LogP contribution in [0.2, 0.25) is 0 Å². The van der Waals surface area contributed by atoms with Crippen LogP contribution in [0, 0.1) is 126 Å². The van der Waals surface area contributed by atoms with Gasteiger partial charge < -0.3 is 28.4 Å². The monoisotopic (exact) mass is 1470 g/mol. The van der Waals surface area contributed by atoms with E-state index < -0.39 is 0 Å². The van der Waals surface area contributed by atoms with Crippen LogP contribution in [-0.2, 0) is 28.4 Å². The Balaban J connectivity index is 0.000000155. The average molecular weight is 1470 g/mol. The lowest BCUT2D eigenvalue weighted by atomic mass is 9.58. The Labute approximate surface area is 655 Å². The molecule has 0 radical (unpaired) electrons. The number of ether oxygens (including phenoxy) is 6. The van der Waals surface area contributed by atoms with Crippen molar-refractivity contribution in [3.63, 3.8) is 0 Å². The van der Waals surface area contributed by atoms with Crippen molar-refractivity contribution in [2.75, 3.05) is 39.6 Å². The van der Waals surface area contributed by atoms with Crippen molar-refractivity contribution in [2.45, 2.75) is 465 Å². The normalized spacial score (nSPS) is 40.2. The van der Waals surface area contributed by atoms with E-state index in [9.17, 15) is 0 Å². The molecule has 0 amide bonds. The molecule has 105 heavy (non-hydrogen) atoms. The predicted molar refractivity (Wildman–Crippen MR) is 450 cm³/mol. The predicted octanol–water partition coefficient (Wildman–Crippen LogP) is 29.1. The van der Waals surface area contributed by atoms with Gasteiger partial charge in [-0.15, -0.1) is 0 Å². The highest BCUT2D eigenvalue weighted by atomic mass is 16.5. The largest absolute Gasteiger partial charge is 0.380 e. The van der Waals surface area contributed by atoms with Crippen molar-refractivity contribution in [1.29, 1.82) is 0 Å². The summed E-state index contributed by atoms with van der Waals surface area (Å²) in [6.45, 7) is 72.0. The first kappa shape index (κ1) is 90.3. The molecule has 6 heterocycles. The van der Waals surface area contributed by atoms with E-state index >= 15 is 0 Å². The molecule has 0 aromatic rings. The Bertz CT molecular complexity index is 2300. The minimum Gasteiger partial charge on any atom is -0.380 e. The van der Waals surface area contributed by atoms with Gasteiger partial charge in [-0.3, -0.25) is 0 Å². The topological polar surface area (TPSA) is 55.4 Å². The third kappa shape index (κ3) is 23.3. The van der Waals surface area contributed by atoms with Gasteiger partial charge in [0.2, 0.25) is 0 Å². The Morgan fingerprint density at radius 1 is 0.267 bits per heavy atom. The molecule has 14 fully saturated rings. The minimum atomic E-state index is 0.134. The van der Waals surface area contributed by atoms with Gasteiger partial charge in [-0.2, -0.15) is 0 Å². The first-order chi connectivity index (χ1) is 48.6. The van der Waals surface area contributed by atoms with Gasteiger partial charge in [0.25, 0.3) is 0 Å². The van der Waals surface area contributed by atoms with Crippen LogP contribution in [0.5, 0.6) is 0 Å². The van der Waals surface area contributed by atoms with Gasteiger partial charge in [-0.05, 0) is 388 Å². The molecule has 0 N–H and O–H groups in total. The van der Waals surface area contributed by atoms with Gasteiger partial charge in [-0.25, -0.2) is 0 Å². The van der Waals surface area contributed by atoms with Crippen molar-refractivity contribution in [1.82, 2.24) is 0 Å². The van der Waals surface area contributed by atoms with Crippen LogP contribution in [-0.4, -0.2) is 73.2 Å². The molecular formula is C99H184O6. The molecule has 14 rings (SSSR count). The van der Waals surface area contributed by atoms with Gasteiger partial charge in [0.05, 0.1) is 60.0 Å². The average Bonchev–Trinajstić information content (AvgIpc) is 1.67. The quantitative estimate of drug-likeness (QED) is 0.253. The molecule has 616 valence electrons. The smallest absolute Gasteiger partial charge is 0.0734 e. The molecular weight excluding hydrogens is 1290 g/mol. The van der Waals surface area contributed by atoms with E-state index in [1.165, 1.54) is 238 Å². The molecule has 6 nitrogen and oxygen atoms in total. The van der Waals surface area contributed by atoms with Crippen molar-refractivity contribution in [2.24, 2.45) is 126 Å². The van der Waals surface area contributed by atoms with E-state index in [4.69, 9.17) is 28.4 Å². The summed E-state index contributed by atoms with van der Waals surface area (Å²) in [5.74, 6) is 12.8. The summed E-state index contributed by atoms with van der Waals surface area (Å²) in [6, 6.07) is 0. The second kappa shape index (κ2) is 35.9. The maximum atomic E-state index is 6.36. The Kier molecular flexibility index (Phi) is 30.9. The maximum absolute atomic E-state index is 6.36. The van der Waals surface area contributed by atoms with Crippen LogP contribution in [0.1, 0.15) is 431 Å². The lowest BCUT2D eigenvalue weighted by Gasteiger charge is -2.45. The summed E-state index contributed by atoms with van der Waals surface area (Å²) in [7, 11) is 0. The third-order valence-electron chi connectivity index (χ3n) is 34.3. The van der Waals surface area contributed by atoms with Crippen LogP contribution < -0.4 is 0 Å². The van der Waals surface area contributed by atoms with E-state index in [0.29, 0.717) is 37.9 Å². The molecule has 6 heteroatoms. The third-order valence-corrected chi connectivity index (χ3v) is 34.3. The van der Waals surface area contributed by atoms with Gasteiger partial charge in [0.1, 0.15) is 0 Å². The molecule has 8 saturated carbocycles. The Morgan fingerprint density at radius 2 is 0.705 bits per heavy atom. The SMILES string of the molecule is CC(C)C1CCC2(CC1)CC(C)(C)CO2.CC(C)C1CCC2(CC1)CCC(C)(C)C2.CC(C)C1CCC2(CC1)COC(C)(C)C2.CC(C)C1CCC2(CC1)COCC2(C)C.CC(C)C1CCC2(CC1)OCCC2(C)C.CC(C)C1CCC2(CCOC2(C)C)CC1.CC(C)C1CCCC2(CCC(C)(C)O2)C1. The highest BCUT2D eigenvalue weighted by Gasteiger charge is 2.56. The summed E-state index contributed by atoms with van der Waals surface area (Å²) in [5, 5.41) is 0. The second-order valence-electron chi connectivity index (χ2n) is 47.5. The Hall–Kier alpha value is -0.240. The summed E-state index contributed by atoms with van der Waals surface area (Å²) in [6.07, 6.45) is 51.3. The van der Waals surface area contributed by atoms with Gasteiger partial charge in [0, 0.05) is 24.0 Å². The van der Waals surface area contributed by atoms with Crippen LogP contribution >= 0.6 is 0 Å². The molecule has 2 atom stereocenters. The van der Waals surface area contributed by atoms with Crippen LogP contribution in [0.15, 0.2) is 0 Å². The van der Waals surface area contributed by atoms with Crippen molar-refractivity contribution in [3.8, 4) is 0 Å². The minimum absolute atomic E-state index is 0.134.